The molecular weight excluding hydrogens is 586 g/mol. The summed E-state index contributed by atoms with van der Waals surface area (Å²) in [5.41, 5.74) is 4.20. The summed E-state index contributed by atoms with van der Waals surface area (Å²) in [6, 6.07) is 24.7. The maximum absolute atomic E-state index is 12.8. The molecule has 2 amide bonds. The zero-order chi connectivity index (χ0) is 27.8. The molecule has 4 aromatic carbocycles. The zero-order valence-corrected chi connectivity index (χ0v) is 22.8. The second-order valence-corrected chi connectivity index (χ2v) is 9.37. The summed E-state index contributed by atoms with van der Waals surface area (Å²) in [5, 5.41) is 7.13. The fourth-order valence-corrected chi connectivity index (χ4v) is 4.02. The Bertz CT molecular complexity index is 1560. The van der Waals surface area contributed by atoms with E-state index in [9.17, 15) is 14.4 Å². The van der Waals surface area contributed by atoms with Crippen molar-refractivity contribution in [3.63, 3.8) is 0 Å². The van der Waals surface area contributed by atoms with Crippen molar-refractivity contribution < 1.29 is 23.9 Å². The third-order valence-electron chi connectivity index (χ3n) is 5.34. The highest BCUT2D eigenvalue weighted by Crippen LogP contribution is 2.25. The number of benzene rings is 4. The number of hydrogen-bond donors (Lipinski definition) is 2. The molecule has 39 heavy (non-hydrogen) atoms. The van der Waals surface area contributed by atoms with Crippen molar-refractivity contribution in [1.82, 2.24) is 5.43 Å². The van der Waals surface area contributed by atoms with Gasteiger partial charge < -0.3 is 14.8 Å². The maximum Gasteiger partial charge on any atom is 0.343 e. The Morgan fingerprint density at radius 1 is 0.846 bits per heavy atom. The zero-order valence-electron chi connectivity index (χ0n) is 20.5. The number of halogens is 2. The van der Waals surface area contributed by atoms with Gasteiger partial charge in [0.25, 0.3) is 11.8 Å². The molecule has 4 aromatic rings. The van der Waals surface area contributed by atoms with Crippen LogP contribution in [0.1, 0.15) is 36.6 Å². The van der Waals surface area contributed by atoms with E-state index in [1.54, 1.807) is 78.9 Å². The number of hydrogen-bond acceptors (Lipinski definition) is 6. The lowest BCUT2D eigenvalue weighted by Crippen LogP contribution is -2.18. The monoisotopic (exact) mass is 605 g/mol. The van der Waals surface area contributed by atoms with E-state index < -0.39 is 17.8 Å². The summed E-state index contributed by atoms with van der Waals surface area (Å²) in [7, 11) is 1.45. The highest BCUT2D eigenvalue weighted by Gasteiger charge is 2.15. The summed E-state index contributed by atoms with van der Waals surface area (Å²) in [4.78, 5) is 38.0. The molecule has 0 aliphatic heterocycles. The van der Waals surface area contributed by atoms with E-state index in [2.05, 4.69) is 31.8 Å². The van der Waals surface area contributed by atoms with Crippen LogP contribution in [0.2, 0.25) is 5.02 Å². The molecule has 4 rings (SSSR count). The summed E-state index contributed by atoms with van der Waals surface area (Å²) in [5.74, 6) is -0.851. The van der Waals surface area contributed by atoms with Crippen LogP contribution in [0.4, 0.5) is 5.69 Å². The Kier molecular flexibility index (Phi) is 9.09. The van der Waals surface area contributed by atoms with Gasteiger partial charge >= 0.3 is 5.97 Å². The van der Waals surface area contributed by atoms with Gasteiger partial charge in [-0.15, -0.1) is 0 Å². The van der Waals surface area contributed by atoms with Crippen molar-refractivity contribution in [2.75, 3.05) is 12.4 Å². The maximum atomic E-state index is 12.8. The third kappa shape index (κ3) is 7.31. The molecule has 0 saturated carbocycles. The molecule has 0 atom stereocenters. The van der Waals surface area contributed by atoms with Gasteiger partial charge in [-0.2, -0.15) is 5.10 Å². The molecule has 0 fully saturated rings. The molecule has 0 spiro atoms. The van der Waals surface area contributed by atoms with Crippen LogP contribution in [-0.4, -0.2) is 31.1 Å². The van der Waals surface area contributed by atoms with Crippen LogP contribution in [0.15, 0.2) is 101 Å². The molecule has 0 bridgehead atoms. The largest absolute Gasteiger partial charge is 0.496 e. The minimum Gasteiger partial charge on any atom is -0.496 e. The number of hydrazone groups is 1. The fourth-order valence-electron chi connectivity index (χ4n) is 3.47. The number of rotatable bonds is 8. The first kappa shape index (κ1) is 27.6. The number of carbonyl (C=O) groups is 3. The molecule has 0 aromatic heterocycles. The van der Waals surface area contributed by atoms with E-state index >= 15 is 0 Å². The lowest BCUT2D eigenvalue weighted by molar-refractivity contribution is 0.0733. The molecule has 8 nitrogen and oxygen atoms in total. The molecule has 10 heteroatoms. The van der Waals surface area contributed by atoms with Gasteiger partial charge in [-0.05, 0) is 66.7 Å². The standard InChI is InChI=1S/C29H21BrClN3O5/c1-38-26-13-11-22(31)16-24(26)28(36)33-23-9-5-8-19(15-23)27(35)34-32-17-20-14-21(30)10-12-25(20)39-29(37)18-6-3-2-4-7-18/h2-17H,1H3,(H,33,36)(H,34,35). The van der Waals surface area contributed by atoms with Crippen LogP contribution in [0.25, 0.3) is 0 Å². The van der Waals surface area contributed by atoms with E-state index in [4.69, 9.17) is 21.1 Å². The molecule has 0 aliphatic rings. The molecule has 196 valence electrons. The van der Waals surface area contributed by atoms with Crippen molar-refractivity contribution in [2.24, 2.45) is 5.10 Å². The van der Waals surface area contributed by atoms with Gasteiger partial charge in [0, 0.05) is 26.3 Å². The highest BCUT2D eigenvalue weighted by molar-refractivity contribution is 9.10. The summed E-state index contributed by atoms with van der Waals surface area (Å²) in [6.45, 7) is 0. The molecule has 0 unspecified atom stereocenters. The van der Waals surface area contributed by atoms with Crippen molar-refractivity contribution >= 4 is 57.2 Å². The van der Waals surface area contributed by atoms with E-state index in [0.29, 0.717) is 27.6 Å². The number of nitrogens with zero attached hydrogens (tertiary/aromatic N) is 1. The fraction of sp³-hybridized carbons (Fsp3) is 0.0345. The first-order valence-electron chi connectivity index (χ1n) is 11.5. The van der Waals surface area contributed by atoms with E-state index in [1.165, 1.54) is 25.5 Å². The number of ether oxygens (including phenoxy) is 2. The molecule has 0 radical (unpaired) electrons. The Morgan fingerprint density at radius 2 is 1.59 bits per heavy atom. The van der Waals surface area contributed by atoms with Crippen molar-refractivity contribution in [3.8, 4) is 11.5 Å². The minimum atomic E-state index is -0.522. The van der Waals surface area contributed by atoms with E-state index in [1.807, 2.05) is 0 Å². The van der Waals surface area contributed by atoms with E-state index in [0.717, 1.165) is 4.47 Å². The predicted octanol–water partition coefficient (Wildman–Crippen LogP) is 6.35. The van der Waals surface area contributed by atoms with Crippen LogP contribution in [0.5, 0.6) is 11.5 Å². The number of carbonyl (C=O) groups excluding carboxylic acids is 3. The third-order valence-corrected chi connectivity index (χ3v) is 6.07. The predicted molar refractivity (Wildman–Crippen MR) is 153 cm³/mol. The molecule has 0 aliphatic carbocycles. The first-order chi connectivity index (χ1) is 18.8. The Balaban J connectivity index is 1.44. The van der Waals surface area contributed by atoms with Gasteiger partial charge in [-0.3, -0.25) is 9.59 Å². The smallest absolute Gasteiger partial charge is 0.343 e. The average molecular weight is 607 g/mol. The van der Waals surface area contributed by atoms with Crippen molar-refractivity contribution in [1.29, 1.82) is 0 Å². The molecule has 0 heterocycles. The Hall–Kier alpha value is -4.47. The SMILES string of the molecule is COc1ccc(Cl)cc1C(=O)Nc1cccc(C(=O)NN=Cc2cc(Br)ccc2OC(=O)c2ccccc2)c1. The summed E-state index contributed by atoms with van der Waals surface area (Å²) < 4.78 is 11.5. The second kappa shape index (κ2) is 12.9. The topological polar surface area (TPSA) is 106 Å². The normalized spacial score (nSPS) is 10.6. The molecule has 0 saturated heterocycles. The lowest BCUT2D eigenvalue weighted by atomic mass is 10.1. The van der Waals surface area contributed by atoms with E-state index in [-0.39, 0.29) is 16.9 Å². The van der Waals surface area contributed by atoms with Gasteiger partial charge in [0.15, 0.2) is 0 Å². The van der Waals surface area contributed by atoms with Crippen LogP contribution in [0, 0.1) is 0 Å². The minimum absolute atomic E-state index is 0.252. The second-order valence-electron chi connectivity index (χ2n) is 8.02. The number of esters is 1. The van der Waals surface area contributed by atoms with Gasteiger partial charge in [-0.25, -0.2) is 10.2 Å². The quantitative estimate of drug-likeness (QED) is 0.105. The summed E-state index contributed by atoms with van der Waals surface area (Å²) in [6.07, 6.45) is 1.37. The molecular formula is C29H21BrClN3O5. The van der Waals surface area contributed by atoms with Crippen molar-refractivity contribution in [3.05, 3.63) is 123 Å². The van der Waals surface area contributed by atoms with Crippen LogP contribution in [0.3, 0.4) is 0 Å². The van der Waals surface area contributed by atoms with Gasteiger partial charge in [0.05, 0.1) is 24.5 Å². The average Bonchev–Trinajstić information content (AvgIpc) is 2.94. The van der Waals surface area contributed by atoms with Gasteiger partial charge in [0.1, 0.15) is 11.5 Å². The number of methoxy groups -OCH3 is 1. The highest BCUT2D eigenvalue weighted by atomic mass is 79.9. The Morgan fingerprint density at radius 3 is 2.36 bits per heavy atom. The van der Waals surface area contributed by atoms with Crippen LogP contribution < -0.4 is 20.2 Å². The number of anilines is 1. The lowest BCUT2D eigenvalue weighted by Gasteiger charge is -2.10. The Labute approximate surface area is 237 Å². The van der Waals surface area contributed by atoms with Crippen LogP contribution >= 0.6 is 27.5 Å². The summed E-state index contributed by atoms with van der Waals surface area (Å²) >= 11 is 9.41. The number of nitrogens with one attached hydrogen (secondary N) is 2. The number of amides is 2. The first-order valence-corrected chi connectivity index (χ1v) is 12.7. The van der Waals surface area contributed by atoms with Crippen molar-refractivity contribution in [2.45, 2.75) is 0 Å². The van der Waals surface area contributed by atoms with Gasteiger partial charge in [-0.1, -0.05) is 51.8 Å². The van der Waals surface area contributed by atoms with Gasteiger partial charge in [0.2, 0.25) is 0 Å². The molecule has 2 N–H and O–H groups in total. The van der Waals surface area contributed by atoms with Crippen LogP contribution in [-0.2, 0) is 0 Å².